The zero-order chi connectivity index (χ0) is 28.6. The standard InChI is InChI=1S/C29H30Cl2F3N3O3.ClH/c30-19-5-6-21(23(31)11-19)28(40)25-22(29(32,33)34)9-18(26(35)38)10-24(25)37(27(28)39)14-17-7-20(8-17)36(12-15-1-2-15)13-16-3-4-16;/h5-6,9-11,15-17,20,40H,1-4,7-8,12-14H2,(H2,35,38);1H. The molecular formula is C29H31Cl3F3N3O3. The van der Waals surface area contributed by atoms with E-state index < -0.39 is 40.3 Å². The number of hydrogen-bond acceptors (Lipinski definition) is 4. The Morgan fingerprint density at radius 2 is 1.66 bits per heavy atom. The normalized spacial score (nSPS) is 25.6. The molecule has 3 N–H and O–H groups in total. The minimum absolute atomic E-state index is 0. The minimum Gasteiger partial charge on any atom is -0.372 e. The van der Waals surface area contributed by atoms with Crippen LogP contribution in [-0.4, -0.2) is 47.5 Å². The number of hydrogen-bond donors (Lipinski definition) is 2. The lowest BCUT2D eigenvalue weighted by atomic mass is 9.78. The van der Waals surface area contributed by atoms with Gasteiger partial charge in [0.1, 0.15) is 0 Å². The van der Waals surface area contributed by atoms with E-state index in [2.05, 4.69) is 4.90 Å². The first-order chi connectivity index (χ1) is 18.9. The van der Waals surface area contributed by atoms with Gasteiger partial charge in [-0.2, -0.15) is 13.2 Å². The molecule has 6 rings (SSSR count). The third kappa shape index (κ3) is 5.68. The number of nitrogens with zero attached hydrogens (tertiary/aromatic N) is 2. The largest absolute Gasteiger partial charge is 0.416 e. The molecule has 1 unspecified atom stereocenters. The summed E-state index contributed by atoms with van der Waals surface area (Å²) in [6.45, 7) is 2.26. The number of carbonyl (C=O) groups excluding carboxylic acids is 2. The summed E-state index contributed by atoms with van der Waals surface area (Å²) in [7, 11) is 0. The van der Waals surface area contributed by atoms with Crippen LogP contribution in [0, 0.1) is 17.8 Å². The highest BCUT2D eigenvalue weighted by atomic mass is 35.5. The van der Waals surface area contributed by atoms with E-state index in [-0.39, 0.29) is 46.2 Å². The number of primary amides is 1. The average Bonchev–Trinajstić information content (AvgIpc) is 3.78. The molecule has 3 aliphatic carbocycles. The Morgan fingerprint density at radius 3 is 2.17 bits per heavy atom. The second-order valence-corrected chi connectivity index (χ2v) is 12.7. The molecule has 1 heterocycles. The Labute approximate surface area is 252 Å². The molecule has 0 spiro atoms. The van der Waals surface area contributed by atoms with Gasteiger partial charge < -0.3 is 15.7 Å². The van der Waals surface area contributed by atoms with Gasteiger partial charge in [-0.15, -0.1) is 12.4 Å². The molecule has 0 saturated heterocycles. The van der Waals surface area contributed by atoms with Crippen LogP contribution in [0.2, 0.25) is 10.0 Å². The van der Waals surface area contributed by atoms with Crippen LogP contribution in [0.3, 0.4) is 0 Å². The van der Waals surface area contributed by atoms with Gasteiger partial charge in [0.2, 0.25) is 5.91 Å². The Morgan fingerprint density at radius 1 is 1.05 bits per heavy atom. The Bertz CT molecular complexity index is 1360. The summed E-state index contributed by atoms with van der Waals surface area (Å²) in [6, 6.07) is 5.99. The number of benzene rings is 2. The smallest absolute Gasteiger partial charge is 0.372 e. The van der Waals surface area contributed by atoms with Gasteiger partial charge in [-0.05, 0) is 80.5 Å². The molecule has 3 saturated carbocycles. The second kappa shape index (κ2) is 10.9. The summed E-state index contributed by atoms with van der Waals surface area (Å²) < 4.78 is 43.2. The molecule has 0 bridgehead atoms. The van der Waals surface area contributed by atoms with Gasteiger partial charge in [0, 0.05) is 52.4 Å². The van der Waals surface area contributed by atoms with E-state index in [1.54, 1.807) is 0 Å². The van der Waals surface area contributed by atoms with E-state index in [1.807, 2.05) is 0 Å². The number of halogens is 6. The van der Waals surface area contributed by atoms with E-state index in [9.17, 15) is 27.9 Å². The lowest BCUT2D eigenvalue weighted by molar-refractivity contribution is -0.142. The van der Waals surface area contributed by atoms with E-state index in [0.717, 1.165) is 43.8 Å². The maximum absolute atomic E-state index is 14.4. The molecule has 2 amide bonds. The second-order valence-electron chi connectivity index (χ2n) is 11.9. The first-order valence-corrected chi connectivity index (χ1v) is 14.4. The molecular weight excluding hydrogens is 602 g/mol. The first-order valence-electron chi connectivity index (χ1n) is 13.7. The van der Waals surface area contributed by atoms with Crippen molar-refractivity contribution in [2.24, 2.45) is 23.5 Å². The van der Waals surface area contributed by atoms with Gasteiger partial charge >= 0.3 is 6.18 Å². The van der Waals surface area contributed by atoms with Crippen molar-refractivity contribution in [3.8, 4) is 0 Å². The number of nitrogens with two attached hydrogens (primary N) is 1. The number of carbonyl (C=O) groups is 2. The molecule has 6 nitrogen and oxygen atoms in total. The van der Waals surface area contributed by atoms with Crippen LogP contribution in [0.15, 0.2) is 30.3 Å². The predicted octanol–water partition coefficient (Wildman–Crippen LogP) is 6.02. The van der Waals surface area contributed by atoms with Gasteiger partial charge in [-0.3, -0.25) is 14.5 Å². The lowest BCUT2D eigenvalue weighted by Gasteiger charge is -2.44. The van der Waals surface area contributed by atoms with Crippen LogP contribution in [-0.2, 0) is 16.6 Å². The monoisotopic (exact) mass is 631 g/mol. The number of aliphatic hydroxyl groups is 1. The summed E-state index contributed by atoms with van der Waals surface area (Å²) in [5.74, 6) is -0.499. The lowest BCUT2D eigenvalue weighted by Crippen LogP contribution is -2.51. The summed E-state index contributed by atoms with van der Waals surface area (Å²) in [4.78, 5) is 29.7. The zero-order valence-corrected chi connectivity index (χ0v) is 24.4. The van der Waals surface area contributed by atoms with Crippen LogP contribution in [0.1, 0.15) is 65.6 Å². The third-order valence-corrected chi connectivity index (χ3v) is 9.33. The molecule has 222 valence electrons. The zero-order valence-electron chi connectivity index (χ0n) is 22.1. The van der Waals surface area contributed by atoms with Crippen molar-refractivity contribution < 1.29 is 27.9 Å². The number of amides is 2. The fourth-order valence-corrected chi connectivity index (χ4v) is 6.80. The maximum Gasteiger partial charge on any atom is 0.416 e. The van der Waals surface area contributed by atoms with Gasteiger partial charge in [0.25, 0.3) is 5.91 Å². The quantitative estimate of drug-likeness (QED) is 0.354. The average molecular weight is 633 g/mol. The molecule has 2 aromatic rings. The molecule has 4 aliphatic rings. The topological polar surface area (TPSA) is 86.9 Å². The maximum atomic E-state index is 14.4. The highest BCUT2D eigenvalue weighted by Crippen LogP contribution is 2.53. The number of rotatable bonds is 9. The first kappa shape index (κ1) is 30.4. The van der Waals surface area contributed by atoms with Gasteiger partial charge in [-0.25, -0.2) is 0 Å². The molecule has 1 aliphatic heterocycles. The summed E-state index contributed by atoms with van der Waals surface area (Å²) in [5, 5.41) is 12.0. The highest BCUT2D eigenvalue weighted by molar-refractivity contribution is 6.35. The van der Waals surface area contributed by atoms with Crippen molar-refractivity contribution in [2.45, 2.75) is 56.3 Å². The number of alkyl halides is 3. The van der Waals surface area contributed by atoms with Crippen LogP contribution >= 0.6 is 35.6 Å². The minimum atomic E-state index is -4.99. The van der Waals surface area contributed by atoms with Crippen molar-refractivity contribution in [1.29, 1.82) is 0 Å². The molecule has 2 aromatic carbocycles. The van der Waals surface area contributed by atoms with Crippen molar-refractivity contribution >= 4 is 53.1 Å². The van der Waals surface area contributed by atoms with Crippen molar-refractivity contribution in [2.75, 3.05) is 24.5 Å². The van der Waals surface area contributed by atoms with Crippen molar-refractivity contribution in [3.63, 3.8) is 0 Å². The fourth-order valence-electron chi connectivity index (χ4n) is 6.25. The molecule has 12 heteroatoms. The van der Waals surface area contributed by atoms with Crippen LogP contribution in [0.5, 0.6) is 0 Å². The van der Waals surface area contributed by atoms with Crippen LogP contribution < -0.4 is 10.6 Å². The Hall–Kier alpha value is -2.04. The van der Waals surface area contributed by atoms with Crippen LogP contribution in [0.4, 0.5) is 18.9 Å². The highest BCUT2D eigenvalue weighted by Gasteiger charge is 2.57. The summed E-state index contributed by atoms with van der Waals surface area (Å²) >= 11 is 12.3. The number of anilines is 1. The van der Waals surface area contributed by atoms with E-state index in [4.69, 9.17) is 28.9 Å². The SMILES string of the molecule is Cl.NC(=O)c1cc2c(c(C(F)(F)F)c1)C(O)(c1ccc(Cl)cc1Cl)C(=O)N2CC1CC(N(CC2CC2)CC2CC2)C1. The number of fused-ring (bicyclic) bond motifs is 1. The molecule has 0 aromatic heterocycles. The van der Waals surface area contributed by atoms with Crippen LogP contribution in [0.25, 0.3) is 0 Å². The third-order valence-electron chi connectivity index (χ3n) is 8.78. The molecule has 1 atom stereocenters. The fraction of sp³-hybridized carbons (Fsp3) is 0.517. The Kier molecular flexibility index (Phi) is 8.09. The molecule has 41 heavy (non-hydrogen) atoms. The van der Waals surface area contributed by atoms with E-state index >= 15 is 0 Å². The summed E-state index contributed by atoms with van der Waals surface area (Å²) in [5.41, 5.74) is -0.104. The summed E-state index contributed by atoms with van der Waals surface area (Å²) in [6.07, 6.45) is 1.64. The molecule has 3 fully saturated rings. The molecule has 0 radical (unpaired) electrons. The predicted molar refractivity (Wildman–Crippen MR) is 153 cm³/mol. The van der Waals surface area contributed by atoms with E-state index in [1.165, 1.54) is 48.8 Å². The van der Waals surface area contributed by atoms with Crippen molar-refractivity contribution in [3.05, 3.63) is 62.6 Å². The van der Waals surface area contributed by atoms with Gasteiger partial charge in [0.05, 0.1) is 11.3 Å². The van der Waals surface area contributed by atoms with E-state index in [0.29, 0.717) is 12.1 Å². The van der Waals surface area contributed by atoms with Gasteiger partial charge in [-0.1, -0.05) is 29.3 Å². The van der Waals surface area contributed by atoms with Gasteiger partial charge in [0.15, 0.2) is 5.60 Å². The Balaban J connectivity index is 0.00000337. The van der Waals surface area contributed by atoms with Crippen molar-refractivity contribution in [1.82, 2.24) is 4.90 Å².